The van der Waals surface area contributed by atoms with Gasteiger partial charge in [0.2, 0.25) is 11.6 Å². The van der Waals surface area contributed by atoms with E-state index in [-0.39, 0.29) is 42.2 Å². The van der Waals surface area contributed by atoms with Gasteiger partial charge in [0.25, 0.3) is 11.8 Å². The van der Waals surface area contributed by atoms with E-state index in [1.165, 1.54) is 5.56 Å². The lowest BCUT2D eigenvalue weighted by molar-refractivity contribution is 0.0223. The predicted molar refractivity (Wildman–Crippen MR) is 230 cm³/mol. The first-order valence-corrected chi connectivity index (χ1v) is 20.0. The Bertz CT molecular complexity index is 2550. The number of halogens is 1. The fourth-order valence-electron chi connectivity index (χ4n) is 6.57. The number of nitrogens with zero attached hydrogens (tertiary/aromatic N) is 13. The van der Waals surface area contributed by atoms with Gasteiger partial charge >= 0.3 is 6.09 Å². The summed E-state index contributed by atoms with van der Waals surface area (Å²) < 4.78 is 8.83. The largest absolute Gasteiger partial charge is 0.444 e. The Morgan fingerprint density at radius 2 is 1.24 bits per heavy atom. The zero-order valence-corrected chi connectivity index (χ0v) is 36.3. The summed E-state index contributed by atoms with van der Waals surface area (Å²) >= 11 is 0. The molecule has 8 heterocycles. The highest BCUT2D eigenvalue weighted by Crippen LogP contribution is 2.24. The van der Waals surface area contributed by atoms with Gasteiger partial charge in [0, 0.05) is 32.0 Å². The summed E-state index contributed by atoms with van der Waals surface area (Å²) in [5.41, 5.74) is 5.36. The molecule has 0 atom stereocenters. The molecule has 6 aromatic rings. The number of fused-ring (bicyclic) bond motifs is 2. The van der Waals surface area contributed by atoms with Crippen LogP contribution in [0.2, 0.25) is 0 Å². The van der Waals surface area contributed by atoms with Gasteiger partial charge in [0.05, 0.1) is 12.1 Å². The van der Waals surface area contributed by atoms with Crippen LogP contribution in [0.4, 0.5) is 16.4 Å². The SMILES string of the molecule is CC(C)n1nnnc1-c1cccc(NC(=O)c2cc3c(cn2)CCN(C(=O)OC(C)(C)C)C3)n1.CC(C)n1nnnc1-c1cccc(NC(=O)c2cc3c(cn2)CCNC3)n1.Cl. The van der Waals surface area contributed by atoms with Crippen molar-refractivity contribution in [2.24, 2.45) is 0 Å². The Morgan fingerprint density at radius 1 is 0.726 bits per heavy atom. The minimum atomic E-state index is -0.569. The summed E-state index contributed by atoms with van der Waals surface area (Å²) in [7, 11) is 0. The topological polar surface area (TPSA) is 239 Å². The number of ether oxygens (including phenoxy) is 1. The van der Waals surface area contributed by atoms with Crippen LogP contribution in [0.3, 0.4) is 0 Å². The number of hydrogen-bond acceptors (Lipinski definition) is 15. The lowest BCUT2D eigenvalue weighted by Gasteiger charge is -2.31. The maximum atomic E-state index is 12.9. The van der Waals surface area contributed by atoms with E-state index in [2.05, 4.69) is 66.9 Å². The van der Waals surface area contributed by atoms with Crippen LogP contribution in [-0.2, 0) is 30.7 Å². The second-order valence-electron chi connectivity index (χ2n) is 16.1. The highest BCUT2D eigenvalue weighted by atomic mass is 35.5. The number of tetrazole rings is 2. The molecule has 0 aliphatic carbocycles. The fourth-order valence-corrected chi connectivity index (χ4v) is 6.57. The molecule has 20 nitrogen and oxygen atoms in total. The summed E-state index contributed by atoms with van der Waals surface area (Å²) in [4.78, 5) is 57.2. The summed E-state index contributed by atoms with van der Waals surface area (Å²) in [6.45, 7) is 16.0. The number of carbonyl (C=O) groups excluding carboxylic acids is 3. The van der Waals surface area contributed by atoms with Crippen LogP contribution < -0.4 is 16.0 Å². The Labute approximate surface area is 364 Å². The molecule has 6 aromatic heterocycles. The van der Waals surface area contributed by atoms with Crippen molar-refractivity contribution >= 4 is 42.0 Å². The minimum Gasteiger partial charge on any atom is -0.444 e. The van der Waals surface area contributed by atoms with Gasteiger partial charge in [0.1, 0.15) is 40.0 Å². The first-order chi connectivity index (χ1) is 29.2. The normalized spacial score (nSPS) is 13.3. The molecule has 0 saturated heterocycles. The second-order valence-corrected chi connectivity index (χ2v) is 16.1. The number of hydrogen-bond donors (Lipinski definition) is 3. The maximum absolute atomic E-state index is 12.9. The molecule has 324 valence electrons. The number of pyridine rings is 4. The Morgan fingerprint density at radius 3 is 1.76 bits per heavy atom. The number of rotatable bonds is 8. The van der Waals surface area contributed by atoms with E-state index in [1.807, 2.05) is 66.7 Å². The molecule has 0 bridgehead atoms. The maximum Gasteiger partial charge on any atom is 0.410 e. The third-order valence-corrected chi connectivity index (χ3v) is 9.59. The van der Waals surface area contributed by atoms with E-state index >= 15 is 0 Å². The van der Waals surface area contributed by atoms with E-state index < -0.39 is 11.5 Å². The molecule has 3 N–H and O–H groups in total. The zero-order chi connectivity index (χ0) is 43.3. The zero-order valence-electron chi connectivity index (χ0n) is 35.5. The molecule has 0 spiro atoms. The van der Waals surface area contributed by atoms with E-state index in [0.29, 0.717) is 59.9 Å². The average Bonchev–Trinajstić information content (AvgIpc) is 3.95. The molecule has 0 fully saturated rings. The molecule has 0 radical (unpaired) electrons. The highest BCUT2D eigenvalue weighted by molar-refractivity contribution is 6.03. The summed E-state index contributed by atoms with van der Waals surface area (Å²) in [5, 5.41) is 32.4. The van der Waals surface area contributed by atoms with Gasteiger partial charge in [-0.1, -0.05) is 12.1 Å². The van der Waals surface area contributed by atoms with Crippen LogP contribution >= 0.6 is 12.4 Å². The van der Waals surface area contributed by atoms with Gasteiger partial charge in [-0.2, -0.15) is 0 Å². The molecule has 62 heavy (non-hydrogen) atoms. The molecule has 0 saturated carbocycles. The Balaban J connectivity index is 0.000000209. The van der Waals surface area contributed by atoms with Gasteiger partial charge in [-0.3, -0.25) is 19.6 Å². The van der Waals surface area contributed by atoms with Crippen molar-refractivity contribution < 1.29 is 19.1 Å². The molecule has 8 rings (SSSR count). The first-order valence-electron chi connectivity index (χ1n) is 20.0. The third kappa shape index (κ3) is 10.7. The number of aromatic nitrogens is 12. The van der Waals surface area contributed by atoms with Crippen molar-refractivity contribution in [3.05, 3.63) is 94.6 Å². The predicted octanol–water partition coefficient (Wildman–Crippen LogP) is 5.29. The summed E-state index contributed by atoms with van der Waals surface area (Å²) in [5.74, 6) is 1.16. The monoisotopic (exact) mass is 864 g/mol. The number of anilines is 2. The molecule has 3 amide bonds. The standard InChI is InChI=1S/C23H28N8O3.C18H20N8O.ClH/c1-14(2)31-20(27-28-29-31)17-7-6-8-19(25-17)26-21(32)18-11-16-13-30(10-9-15(16)12-24-18)22(33)34-23(3,4)5;1-11(2)26-17(23-24-25-26)14-4-3-5-16(21-14)22-18(27)15-8-13-9-19-7-6-12(13)10-20-15;/h6-8,11-12,14H,9-10,13H2,1-5H3,(H,25,26,32);3-5,8,10-11,19H,6-7,9H2,1-2H3,(H,21,22,27);1H. The Kier molecular flexibility index (Phi) is 13.9. The Hall–Kier alpha value is -6.80. The minimum absolute atomic E-state index is 0. The van der Waals surface area contributed by atoms with E-state index in [1.54, 1.807) is 57.0 Å². The van der Waals surface area contributed by atoms with E-state index in [9.17, 15) is 14.4 Å². The van der Waals surface area contributed by atoms with Gasteiger partial charge in [-0.05, 0) is 147 Å². The van der Waals surface area contributed by atoms with Gasteiger partial charge in [-0.25, -0.2) is 24.1 Å². The van der Waals surface area contributed by atoms with Gasteiger partial charge in [-0.15, -0.1) is 22.6 Å². The molecule has 0 unspecified atom stereocenters. The molecule has 2 aliphatic heterocycles. The van der Waals surface area contributed by atoms with Crippen LogP contribution in [-0.4, -0.2) is 102 Å². The number of nitrogens with one attached hydrogen (secondary N) is 3. The lowest BCUT2D eigenvalue weighted by Crippen LogP contribution is -2.40. The quantitative estimate of drug-likeness (QED) is 0.176. The fraction of sp³-hybridized carbons (Fsp3) is 0.390. The van der Waals surface area contributed by atoms with Crippen molar-refractivity contribution in [1.82, 2.24) is 70.6 Å². The average molecular weight is 865 g/mol. The number of amides is 3. The summed E-state index contributed by atoms with van der Waals surface area (Å²) in [6.07, 6.45) is 4.68. The number of carbonyl (C=O) groups is 3. The van der Waals surface area contributed by atoms with E-state index in [4.69, 9.17) is 4.74 Å². The van der Waals surface area contributed by atoms with Crippen LogP contribution in [0, 0.1) is 0 Å². The highest BCUT2D eigenvalue weighted by Gasteiger charge is 2.27. The van der Waals surface area contributed by atoms with Crippen molar-refractivity contribution in [3.63, 3.8) is 0 Å². The van der Waals surface area contributed by atoms with Crippen LogP contribution in [0.1, 0.15) is 104 Å². The lowest BCUT2D eigenvalue weighted by atomic mass is 10.0. The first kappa shape index (κ1) is 44.7. The third-order valence-electron chi connectivity index (χ3n) is 9.59. The van der Waals surface area contributed by atoms with Crippen molar-refractivity contribution in [2.75, 3.05) is 23.7 Å². The smallest absolute Gasteiger partial charge is 0.410 e. The molecule has 0 aromatic carbocycles. The molecular formula is C41H49ClN16O4. The second kappa shape index (κ2) is 19.3. The van der Waals surface area contributed by atoms with Crippen LogP contribution in [0.15, 0.2) is 60.9 Å². The van der Waals surface area contributed by atoms with Crippen molar-refractivity contribution in [3.8, 4) is 23.0 Å². The summed E-state index contributed by atoms with van der Waals surface area (Å²) in [6, 6.07) is 14.3. The van der Waals surface area contributed by atoms with E-state index in [0.717, 1.165) is 36.2 Å². The molecular weight excluding hydrogens is 816 g/mol. The van der Waals surface area contributed by atoms with Crippen molar-refractivity contribution in [2.45, 2.75) is 92.1 Å². The van der Waals surface area contributed by atoms with Crippen LogP contribution in [0.5, 0.6) is 0 Å². The van der Waals surface area contributed by atoms with Gasteiger partial charge < -0.3 is 25.6 Å². The molecule has 21 heteroatoms. The van der Waals surface area contributed by atoms with Crippen LogP contribution in [0.25, 0.3) is 23.0 Å². The van der Waals surface area contributed by atoms with Crippen molar-refractivity contribution in [1.29, 1.82) is 0 Å². The van der Waals surface area contributed by atoms with Gasteiger partial charge in [0.15, 0.2) is 0 Å². The molecule has 2 aliphatic rings.